The molecule has 3 rings (SSSR count). The summed E-state index contributed by atoms with van der Waals surface area (Å²) in [5.74, 6) is 0. The first-order valence-electron chi connectivity index (χ1n) is 6.01. The largest absolute Gasteiger partial charge is 0.233 e. The highest BCUT2D eigenvalue weighted by atomic mass is 15.3. The van der Waals surface area contributed by atoms with Crippen LogP contribution in [0.4, 0.5) is 0 Å². The summed E-state index contributed by atoms with van der Waals surface area (Å²) in [6, 6.07) is 20.7. The molecule has 0 saturated carbocycles. The van der Waals surface area contributed by atoms with E-state index in [9.17, 15) is 0 Å². The number of aryl methyl sites for hydroxylation is 1. The maximum absolute atomic E-state index is 4.41. The Morgan fingerprint density at radius 2 is 1.56 bits per heavy atom. The average molecular weight is 234 g/mol. The van der Waals surface area contributed by atoms with Gasteiger partial charge < -0.3 is 0 Å². The van der Waals surface area contributed by atoms with Crippen molar-refractivity contribution < 1.29 is 0 Å². The van der Waals surface area contributed by atoms with Crippen LogP contribution in [0.25, 0.3) is 16.9 Å². The number of hydrogen-bond acceptors (Lipinski definition) is 1. The van der Waals surface area contributed by atoms with Gasteiger partial charge in [-0.3, -0.25) is 0 Å². The lowest BCUT2D eigenvalue weighted by molar-refractivity contribution is 0.887. The zero-order chi connectivity index (χ0) is 12.4. The summed E-state index contributed by atoms with van der Waals surface area (Å²) in [5.41, 5.74) is 4.63. The minimum Gasteiger partial charge on any atom is -0.233 e. The van der Waals surface area contributed by atoms with Crippen molar-refractivity contribution in [3.8, 4) is 16.9 Å². The SMILES string of the molecule is Cc1ccc(-n2nccc2-c2ccccc2)cc1. The Balaban J connectivity index is 2.10. The van der Waals surface area contributed by atoms with Crippen LogP contribution in [0.2, 0.25) is 0 Å². The molecular formula is C16H14N2. The summed E-state index contributed by atoms with van der Waals surface area (Å²) in [4.78, 5) is 0. The van der Waals surface area contributed by atoms with Gasteiger partial charge in [0.1, 0.15) is 0 Å². The van der Waals surface area contributed by atoms with Crippen LogP contribution in [0, 0.1) is 6.92 Å². The molecule has 88 valence electrons. The molecule has 0 aliphatic carbocycles. The smallest absolute Gasteiger partial charge is 0.0740 e. The Labute approximate surface area is 107 Å². The van der Waals surface area contributed by atoms with Gasteiger partial charge in [0.2, 0.25) is 0 Å². The fourth-order valence-electron chi connectivity index (χ4n) is 2.02. The molecule has 0 aliphatic heterocycles. The number of hydrogen-bond donors (Lipinski definition) is 0. The molecule has 0 unspecified atom stereocenters. The highest BCUT2D eigenvalue weighted by Crippen LogP contribution is 2.21. The number of nitrogens with zero attached hydrogens (tertiary/aromatic N) is 2. The maximum atomic E-state index is 4.41. The third kappa shape index (κ3) is 1.93. The molecule has 0 spiro atoms. The van der Waals surface area contributed by atoms with Crippen LogP contribution in [-0.2, 0) is 0 Å². The summed E-state index contributed by atoms with van der Waals surface area (Å²) < 4.78 is 1.97. The van der Waals surface area contributed by atoms with E-state index in [0.717, 1.165) is 11.4 Å². The lowest BCUT2D eigenvalue weighted by Crippen LogP contribution is -1.98. The average Bonchev–Trinajstić information content (AvgIpc) is 2.90. The van der Waals surface area contributed by atoms with Crippen LogP contribution in [0.3, 0.4) is 0 Å². The monoisotopic (exact) mass is 234 g/mol. The van der Waals surface area contributed by atoms with E-state index in [1.165, 1.54) is 11.1 Å². The Morgan fingerprint density at radius 1 is 0.833 bits per heavy atom. The van der Waals surface area contributed by atoms with Crippen molar-refractivity contribution >= 4 is 0 Å². The number of benzene rings is 2. The molecule has 0 bridgehead atoms. The van der Waals surface area contributed by atoms with Crippen LogP contribution >= 0.6 is 0 Å². The molecular weight excluding hydrogens is 220 g/mol. The summed E-state index contributed by atoms with van der Waals surface area (Å²) in [6.45, 7) is 2.09. The zero-order valence-electron chi connectivity index (χ0n) is 10.2. The van der Waals surface area contributed by atoms with Gasteiger partial charge in [-0.2, -0.15) is 5.10 Å². The molecule has 0 aliphatic rings. The van der Waals surface area contributed by atoms with Crippen LogP contribution < -0.4 is 0 Å². The summed E-state index contributed by atoms with van der Waals surface area (Å²) in [7, 11) is 0. The quantitative estimate of drug-likeness (QED) is 0.658. The van der Waals surface area contributed by atoms with Crippen molar-refractivity contribution in [2.45, 2.75) is 6.92 Å². The van der Waals surface area contributed by atoms with Gasteiger partial charge in [0, 0.05) is 5.56 Å². The van der Waals surface area contributed by atoms with E-state index >= 15 is 0 Å². The lowest BCUT2D eigenvalue weighted by Gasteiger charge is -2.07. The fraction of sp³-hybridized carbons (Fsp3) is 0.0625. The van der Waals surface area contributed by atoms with Gasteiger partial charge in [-0.1, -0.05) is 48.0 Å². The van der Waals surface area contributed by atoms with Gasteiger partial charge in [-0.15, -0.1) is 0 Å². The van der Waals surface area contributed by atoms with Crippen LogP contribution in [0.15, 0.2) is 66.9 Å². The van der Waals surface area contributed by atoms with Crippen molar-refractivity contribution in [1.82, 2.24) is 9.78 Å². The number of rotatable bonds is 2. The Kier molecular flexibility index (Phi) is 2.69. The standard InChI is InChI=1S/C16H14N2/c1-13-7-9-15(10-8-13)18-16(11-12-17-18)14-5-3-2-4-6-14/h2-12H,1H3. The van der Waals surface area contributed by atoms with Crippen molar-refractivity contribution in [1.29, 1.82) is 0 Å². The zero-order valence-corrected chi connectivity index (χ0v) is 10.2. The minimum absolute atomic E-state index is 1.09. The number of aromatic nitrogens is 2. The molecule has 2 nitrogen and oxygen atoms in total. The molecule has 0 radical (unpaired) electrons. The molecule has 1 heterocycles. The van der Waals surface area contributed by atoms with Crippen LogP contribution in [-0.4, -0.2) is 9.78 Å². The van der Waals surface area contributed by atoms with E-state index < -0.39 is 0 Å². The van der Waals surface area contributed by atoms with Gasteiger partial charge in [-0.05, 0) is 25.1 Å². The van der Waals surface area contributed by atoms with Crippen molar-refractivity contribution in [3.63, 3.8) is 0 Å². The van der Waals surface area contributed by atoms with Gasteiger partial charge >= 0.3 is 0 Å². The maximum Gasteiger partial charge on any atom is 0.0740 e. The van der Waals surface area contributed by atoms with Crippen LogP contribution in [0.5, 0.6) is 0 Å². The second kappa shape index (κ2) is 4.49. The van der Waals surface area contributed by atoms with E-state index in [0.29, 0.717) is 0 Å². The summed E-state index contributed by atoms with van der Waals surface area (Å²) in [5, 5.41) is 4.41. The lowest BCUT2D eigenvalue weighted by atomic mass is 10.1. The molecule has 0 amide bonds. The molecule has 0 N–H and O–H groups in total. The van der Waals surface area contributed by atoms with Crippen molar-refractivity contribution in [3.05, 3.63) is 72.4 Å². The van der Waals surface area contributed by atoms with Crippen LogP contribution in [0.1, 0.15) is 5.56 Å². The fourth-order valence-corrected chi connectivity index (χ4v) is 2.02. The van der Waals surface area contributed by atoms with Gasteiger partial charge in [0.05, 0.1) is 17.6 Å². The second-order valence-corrected chi connectivity index (χ2v) is 4.33. The first kappa shape index (κ1) is 10.8. The first-order valence-corrected chi connectivity index (χ1v) is 6.01. The summed E-state index contributed by atoms with van der Waals surface area (Å²) >= 11 is 0. The van der Waals surface area contributed by atoms with E-state index in [1.807, 2.05) is 35.1 Å². The molecule has 0 atom stereocenters. The normalized spacial score (nSPS) is 10.5. The minimum atomic E-state index is 1.09. The topological polar surface area (TPSA) is 17.8 Å². The third-order valence-corrected chi connectivity index (χ3v) is 2.99. The third-order valence-electron chi connectivity index (χ3n) is 2.99. The van der Waals surface area contributed by atoms with E-state index in [4.69, 9.17) is 0 Å². The van der Waals surface area contributed by atoms with Gasteiger partial charge in [0.15, 0.2) is 0 Å². The van der Waals surface area contributed by atoms with Gasteiger partial charge in [0.25, 0.3) is 0 Å². The molecule has 3 aromatic rings. The molecule has 18 heavy (non-hydrogen) atoms. The van der Waals surface area contributed by atoms with E-state index in [-0.39, 0.29) is 0 Å². The Morgan fingerprint density at radius 3 is 2.28 bits per heavy atom. The molecule has 2 heteroatoms. The predicted molar refractivity (Wildman–Crippen MR) is 73.7 cm³/mol. The molecule has 0 saturated heterocycles. The predicted octanol–water partition coefficient (Wildman–Crippen LogP) is 3.85. The van der Waals surface area contributed by atoms with Gasteiger partial charge in [-0.25, -0.2) is 4.68 Å². The summed E-state index contributed by atoms with van der Waals surface area (Å²) in [6.07, 6.45) is 1.84. The molecule has 2 aromatic carbocycles. The molecule has 1 aromatic heterocycles. The highest BCUT2D eigenvalue weighted by molar-refractivity contribution is 5.61. The van der Waals surface area contributed by atoms with Crippen molar-refractivity contribution in [2.24, 2.45) is 0 Å². The first-order chi connectivity index (χ1) is 8.84. The van der Waals surface area contributed by atoms with E-state index in [2.05, 4.69) is 48.4 Å². The Hall–Kier alpha value is -2.35. The molecule has 0 fully saturated rings. The van der Waals surface area contributed by atoms with E-state index in [1.54, 1.807) is 0 Å². The highest BCUT2D eigenvalue weighted by Gasteiger charge is 2.06. The Bertz CT molecular complexity index is 636. The van der Waals surface area contributed by atoms with Crippen molar-refractivity contribution in [2.75, 3.05) is 0 Å². The second-order valence-electron chi connectivity index (χ2n) is 4.33.